The van der Waals surface area contributed by atoms with Gasteiger partial charge in [-0.15, -0.1) is 0 Å². The summed E-state index contributed by atoms with van der Waals surface area (Å²) in [5.41, 5.74) is 3.29. The minimum atomic E-state index is -0.114. The van der Waals surface area contributed by atoms with Crippen LogP contribution < -0.4 is 5.32 Å². The molecule has 19 heavy (non-hydrogen) atoms. The third-order valence-corrected chi connectivity index (χ3v) is 3.28. The van der Waals surface area contributed by atoms with Gasteiger partial charge in [-0.3, -0.25) is 0 Å². The maximum Gasteiger partial charge on any atom is 0.258 e. The van der Waals surface area contributed by atoms with Crippen molar-refractivity contribution in [2.75, 3.05) is 19.7 Å². The Balaban J connectivity index is 1.89. The molecule has 100 valence electrons. The molecule has 2 heterocycles. The Labute approximate surface area is 112 Å². The van der Waals surface area contributed by atoms with Gasteiger partial charge >= 0.3 is 0 Å². The van der Waals surface area contributed by atoms with Gasteiger partial charge in [0.2, 0.25) is 5.82 Å². The van der Waals surface area contributed by atoms with E-state index in [0.717, 1.165) is 24.2 Å². The Morgan fingerprint density at radius 3 is 3.00 bits per heavy atom. The lowest BCUT2D eigenvalue weighted by Crippen LogP contribution is -2.33. The molecule has 1 aromatic heterocycles. The molecule has 5 heteroatoms. The fourth-order valence-corrected chi connectivity index (χ4v) is 2.17. The second-order valence-electron chi connectivity index (χ2n) is 4.84. The second-order valence-corrected chi connectivity index (χ2v) is 4.84. The van der Waals surface area contributed by atoms with Crippen LogP contribution in [-0.4, -0.2) is 29.8 Å². The van der Waals surface area contributed by atoms with E-state index in [4.69, 9.17) is 9.26 Å². The molecule has 1 saturated heterocycles. The first-order valence-electron chi connectivity index (χ1n) is 6.47. The van der Waals surface area contributed by atoms with Crippen LogP contribution in [0.4, 0.5) is 0 Å². The van der Waals surface area contributed by atoms with Gasteiger partial charge < -0.3 is 14.6 Å². The van der Waals surface area contributed by atoms with E-state index in [1.165, 1.54) is 5.56 Å². The Kier molecular flexibility index (Phi) is 3.31. The van der Waals surface area contributed by atoms with Gasteiger partial charge in [0.05, 0.1) is 6.61 Å². The van der Waals surface area contributed by atoms with Crippen molar-refractivity contribution < 1.29 is 9.26 Å². The van der Waals surface area contributed by atoms with Crippen LogP contribution in [0.1, 0.15) is 23.1 Å². The summed E-state index contributed by atoms with van der Waals surface area (Å²) < 4.78 is 11.0. The highest BCUT2D eigenvalue weighted by Crippen LogP contribution is 2.25. The van der Waals surface area contributed by atoms with E-state index >= 15 is 0 Å². The fourth-order valence-electron chi connectivity index (χ4n) is 2.17. The van der Waals surface area contributed by atoms with Gasteiger partial charge in [-0.05, 0) is 25.5 Å². The van der Waals surface area contributed by atoms with Gasteiger partial charge in [0.25, 0.3) is 5.89 Å². The monoisotopic (exact) mass is 259 g/mol. The maximum absolute atomic E-state index is 5.62. The molecule has 0 saturated carbocycles. The van der Waals surface area contributed by atoms with Crippen LogP contribution >= 0.6 is 0 Å². The first-order chi connectivity index (χ1) is 9.24. The molecule has 0 amide bonds. The van der Waals surface area contributed by atoms with Crippen LogP contribution in [0.3, 0.4) is 0 Å². The molecular formula is C14H17N3O2. The largest absolute Gasteiger partial charge is 0.367 e. The second kappa shape index (κ2) is 5.11. The maximum atomic E-state index is 5.62. The van der Waals surface area contributed by atoms with Crippen molar-refractivity contribution in [2.45, 2.75) is 20.0 Å². The van der Waals surface area contributed by atoms with Crippen LogP contribution in [0.5, 0.6) is 0 Å². The number of ether oxygens (including phenoxy) is 1. The zero-order valence-electron chi connectivity index (χ0n) is 11.1. The zero-order valence-corrected chi connectivity index (χ0v) is 11.1. The average Bonchev–Trinajstić information content (AvgIpc) is 2.92. The molecule has 1 aromatic carbocycles. The van der Waals surface area contributed by atoms with E-state index in [0.29, 0.717) is 18.3 Å². The van der Waals surface area contributed by atoms with Crippen molar-refractivity contribution in [3.05, 3.63) is 35.2 Å². The van der Waals surface area contributed by atoms with Crippen molar-refractivity contribution in [3.8, 4) is 11.5 Å². The van der Waals surface area contributed by atoms with Gasteiger partial charge in [-0.1, -0.05) is 22.9 Å². The van der Waals surface area contributed by atoms with Crippen molar-refractivity contribution in [3.63, 3.8) is 0 Å². The lowest BCUT2D eigenvalue weighted by atomic mass is 10.1. The molecule has 2 aromatic rings. The fraction of sp³-hybridized carbons (Fsp3) is 0.429. The molecule has 1 fully saturated rings. The molecule has 0 bridgehead atoms. The summed E-state index contributed by atoms with van der Waals surface area (Å²) in [5.74, 6) is 1.17. The van der Waals surface area contributed by atoms with E-state index < -0.39 is 0 Å². The van der Waals surface area contributed by atoms with Crippen LogP contribution in [0, 0.1) is 13.8 Å². The lowest BCUT2D eigenvalue weighted by Gasteiger charge is -2.20. The highest BCUT2D eigenvalue weighted by Gasteiger charge is 2.22. The number of benzene rings is 1. The van der Waals surface area contributed by atoms with Gasteiger partial charge in [-0.2, -0.15) is 4.98 Å². The Morgan fingerprint density at radius 2 is 2.21 bits per heavy atom. The van der Waals surface area contributed by atoms with Crippen molar-refractivity contribution in [2.24, 2.45) is 0 Å². The van der Waals surface area contributed by atoms with Gasteiger partial charge in [0.1, 0.15) is 6.10 Å². The summed E-state index contributed by atoms with van der Waals surface area (Å²) in [6.07, 6.45) is -0.114. The SMILES string of the molecule is Cc1ccc(C)c(-c2nc(C3CNCCO3)no2)c1. The lowest BCUT2D eigenvalue weighted by molar-refractivity contribution is 0.0208. The summed E-state index contributed by atoms with van der Waals surface area (Å²) in [7, 11) is 0. The first-order valence-corrected chi connectivity index (χ1v) is 6.47. The Hall–Kier alpha value is -1.72. The van der Waals surface area contributed by atoms with Gasteiger partial charge in [-0.25, -0.2) is 0 Å². The minimum absolute atomic E-state index is 0.114. The molecule has 0 aliphatic carbocycles. The summed E-state index contributed by atoms with van der Waals surface area (Å²) in [4.78, 5) is 4.46. The van der Waals surface area contributed by atoms with Gasteiger partial charge in [0, 0.05) is 18.7 Å². The third kappa shape index (κ3) is 2.52. The smallest absolute Gasteiger partial charge is 0.258 e. The van der Waals surface area contributed by atoms with Crippen LogP contribution in [-0.2, 0) is 4.74 Å². The number of hydrogen-bond donors (Lipinski definition) is 1. The first kappa shape index (κ1) is 12.3. The van der Waals surface area contributed by atoms with E-state index in [2.05, 4.69) is 33.7 Å². The van der Waals surface area contributed by atoms with E-state index in [1.807, 2.05) is 13.8 Å². The molecule has 0 spiro atoms. The zero-order chi connectivity index (χ0) is 13.2. The highest BCUT2D eigenvalue weighted by molar-refractivity contribution is 5.59. The molecular weight excluding hydrogens is 242 g/mol. The molecule has 5 nitrogen and oxygen atoms in total. The third-order valence-electron chi connectivity index (χ3n) is 3.28. The number of morpholine rings is 1. The topological polar surface area (TPSA) is 60.2 Å². The number of hydrogen-bond acceptors (Lipinski definition) is 5. The van der Waals surface area contributed by atoms with Crippen molar-refractivity contribution in [1.82, 2.24) is 15.5 Å². The van der Waals surface area contributed by atoms with Gasteiger partial charge in [0.15, 0.2) is 0 Å². The van der Waals surface area contributed by atoms with Crippen LogP contribution in [0.25, 0.3) is 11.5 Å². The number of aryl methyl sites for hydroxylation is 2. The summed E-state index contributed by atoms with van der Waals surface area (Å²) in [5, 5.41) is 7.29. The van der Waals surface area contributed by atoms with Crippen molar-refractivity contribution >= 4 is 0 Å². The summed E-state index contributed by atoms with van der Waals surface area (Å²) in [6.45, 7) is 6.37. The molecule has 1 aliphatic rings. The van der Waals surface area contributed by atoms with Crippen LogP contribution in [0.2, 0.25) is 0 Å². The molecule has 1 unspecified atom stereocenters. The molecule has 1 atom stereocenters. The number of rotatable bonds is 2. The van der Waals surface area contributed by atoms with Crippen LogP contribution in [0.15, 0.2) is 22.7 Å². The normalized spacial score (nSPS) is 19.6. The Bertz CT molecular complexity index is 574. The molecule has 3 rings (SSSR count). The molecule has 1 aliphatic heterocycles. The standard InChI is InChI=1S/C14H17N3O2/c1-9-3-4-10(2)11(7-9)14-16-13(17-19-14)12-8-15-5-6-18-12/h3-4,7,12,15H,5-6,8H2,1-2H3. The predicted molar refractivity (Wildman–Crippen MR) is 70.8 cm³/mol. The number of nitrogens with zero attached hydrogens (tertiary/aromatic N) is 2. The summed E-state index contributed by atoms with van der Waals surface area (Å²) >= 11 is 0. The summed E-state index contributed by atoms with van der Waals surface area (Å²) in [6, 6.07) is 6.20. The average molecular weight is 259 g/mol. The van der Waals surface area contributed by atoms with E-state index in [1.54, 1.807) is 0 Å². The number of aromatic nitrogens is 2. The predicted octanol–water partition coefficient (Wildman–Crippen LogP) is 2.01. The molecule has 0 radical (unpaired) electrons. The number of nitrogens with one attached hydrogen (secondary N) is 1. The van der Waals surface area contributed by atoms with E-state index in [9.17, 15) is 0 Å². The van der Waals surface area contributed by atoms with E-state index in [-0.39, 0.29) is 6.10 Å². The Morgan fingerprint density at radius 1 is 1.32 bits per heavy atom. The molecule has 1 N–H and O–H groups in total. The van der Waals surface area contributed by atoms with Crippen molar-refractivity contribution in [1.29, 1.82) is 0 Å². The quantitative estimate of drug-likeness (QED) is 0.894. The minimum Gasteiger partial charge on any atom is -0.367 e. The highest BCUT2D eigenvalue weighted by atomic mass is 16.5.